The van der Waals surface area contributed by atoms with E-state index in [-0.39, 0.29) is 17.4 Å². The number of rotatable bonds is 4. The lowest BCUT2D eigenvalue weighted by Crippen LogP contribution is -2.38. The minimum Gasteiger partial charge on any atom is -0.497 e. The van der Waals surface area contributed by atoms with Crippen molar-refractivity contribution >= 4 is 27.5 Å². The van der Waals surface area contributed by atoms with Gasteiger partial charge in [-0.15, -0.1) is 0 Å². The molecule has 0 bridgehead atoms. The summed E-state index contributed by atoms with van der Waals surface area (Å²) in [5.41, 5.74) is 6.60. The van der Waals surface area contributed by atoms with Crippen LogP contribution >= 0.6 is 15.9 Å². The molecule has 5 heteroatoms. The number of hydrogen-bond donors (Lipinski definition) is 2. The molecule has 0 saturated carbocycles. The Morgan fingerprint density at radius 2 is 2.05 bits per heavy atom. The van der Waals surface area contributed by atoms with E-state index in [0.29, 0.717) is 17.9 Å². The lowest BCUT2D eigenvalue weighted by molar-refractivity contribution is -0.117. The summed E-state index contributed by atoms with van der Waals surface area (Å²) >= 11 is 3.37. The third kappa shape index (κ3) is 5.20. The van der Waals surface area contributed by atoms with Gasteiger partial charge in [0.05, 0.1) is 7.11 Å². The second kappa shape index (κ2) is 6.39. The van der Waals surface area contributed by atoms with Crippen LogP contribution in [0.3, 0.4) is 0 Å². The zero-order valence-electron chi connectivity index (χ0n) is 11.8. The monoisotopic (exact) mass is 328 g/mol. The van der Waals surface area contributed by atoms with Crippen molar-refractivity contribution in [2.24, 2.45) is 11.1 Å². The van der Waals surface area contributed by atoms with Gasteiger partial charge in [-0.2, -0.15) is 0 Å². The van der Waals surface area contributed by atoms with Crippen LogP contribution in [0, 0.1) is 5.41 Å². The molecule has 0 aromatic heterocycles. The maximum absolute atomic E-state index is 11.9. The number of carbonyl (C=O) groups is 1. The van der Waals surface area contributed by atoms with Gasteiger partial charge in [0.1, 0.15) is 5.75 Å². The lowest BCUT2D eigenvalue weighted by Gasteiger charge is -2.26. The molecule has 0 heterocycles. The van der Waals surface area contributed by atoms with Crippen molar-refractivity contribution in [3.63, 3.8) is 0 Å². The Morgan fingerprint density at radius 1 is 1.42 bits per heavy atom. The van der Waals surface area contributed by atoms with Gasteiger partial charge in [0, 0.05) is 28.7 Å². The van der Waals surface area contributed by atoms with E-state index in [4.69, 9.17) is 10.5 Å². The van der Waals surface area contributed by atoms with Crippen molar-refractivity contribution in [3.05, 3.63) is 22.7 Å². The average molecular weight is 329 g/mol. The predicted octanol–water partition coefficient (Wildman–Crippen LogP) is 3.16. The summed E-state index contributed by atoms with van der Waals surface area (Å²) in [5.74, 6) is 0.590. The number of halogens is 1. The Balaban J connectivity index is 2.69. The molecule has 19 heavy (non-hydrogen) atoms. The standard InChI is InChI=1S/C14H21BrN2O2/c1-14(2,3)12(16)8-13(18)17-10-5-9(15)6-11(7-10)19-4/h5-7,12H,8,16H2,1-4H3,(H,17,18). The number of anilines is 1. The highest BCUT2D eigenvalue weighted by Crippen LogP contribution is 2.25. The topological polar surface area (TPSA) is 64.3 Å². The molecule has 1 aromatic rings. The smallest absolute Gasteiger partial charge is 0.225 e. The van der Waals surface area contributed by atoms with E-state index in [9.17, 15) is 4.79 Å². The normalized spacial score (nSPS) is 12.9. The largest absolute Gasteiger partial charge is 0.497 e. The van der Waals surface area contributed by atoms with Crippen molar-refractivity contribution in [2.45, 2.75) is 33.2 Å². The maximum atomic E-state index is 11.9. The molecule has 1 aromatic carbocycles. The van der Waals surface area contributed by atoms with E-state index in [1.54, 1.807) is 13.2 Å². The molecular formula is C14H21BrN2O2. The van der Waals surface area contributed by atoms with Crippen LogP contribution < -0.4 is 15.8 Å². The van der Waals surface area contributed by atoms with E-state index in [0.717, 1.165) is 4.47 Å². The van der Waals surface area contributed by atoms with Gasteiger partial charge < -0.3 is 15.8 Å². The van der Waals surface area contributed by atoms with Gasteiger partial charge in [-0.1, -0.05) is 36.7 Å². The van der Waals surface area contributed by atoms with Gasteiger partial charge in [-0.25, -0.2) is 0 Å². The van der Waals surface area contributed by atoms with Crippen molar-refractivity contribution in [3.8, 4) is 5.75 Å². The van der Waals surface area contributed by atoms with E-state index >= 15 is 0 Å². The summed E-state index contributed by atoms with van der Waals surface area (Å²) in [6, 6.07) is 5.24. The highest BCUT2D eigenvalue weighted by molar-refractivity contribution is 9.10. The molecule has 1 atom stereocenters. The van der Waals surface area contributed by atoms with Crippen molar-refractivity contribution in [2.75, 3.05) is 12.4 Å². The van der Waals surface area contributed by atoms with Crippen molar-refractivity contribution < 1.29 is 9.53 Å². The van der Waals surface area contributed by atoms with E-state index < -0.39 is 0 Å². The summed E-state index contributed by atoms with van der Waals surface area (Å²) in [4.78, 5) is 11.9. The zero-order chi connectivity index (χ0) is 14.6. The predicted molar refractivity (Wildman–Crippen MR) is 81.4 cm³/mol. The first-order valence-corrected chi connectivity index (χ1v) is 6.91. The van der Waals surface area contributed by atoms with Gasteiger partial charge in [0.2, 0.25) is 5.91 Å². The summed E-state index contributed by atoms with van der Waals surface area (Å²) < 4.78 is 6.00. The van der Waals surface area contributed by atoms with Crippen LogP contribution in [0.5, 0.6) is 5.75 Å². The van der Waals surface area contributed by atoms with Gasteiger partial charge in [0.25, 0.3) is 0 Å². The number of nitrogens with two attached hydrogens (primary N) is 1. The fourth-order valence-corrected chi connectivity index (χ4v) is 1.94. The minimum absolute atomic E-state index is 0.0910. The van der Waals surface area contributed by atoms with Crippen LogP contribution in [0.2, 0.25) is 0 Å². The molecule has 0 saturated heterocycles. The average Bonchev–Trinajstić information content (AvgIpc) is 2.26. The number of carbonyl (C=O) groups excluding carboxylic acids is 1. The first-order valence-electron chi connectivity index (χ1n) is 6.12. The molecule has 106 valence electrons. The van der Waals surface area contributed by atoms with E-state index in [1.165, 1.54) is 0 Å². The Morgan fingerprint density at radius 3 is 2.58 bits per heavy atom. The number of methoxy groups -OCH3 is 1. The molecule has 1 amide bonds. The number of ether oxygens (including phenoxy) is 1. The zero-order valence-corrected chi connectivity index (χ0v) is 13.4. The van der Waals surface area contributed by atoms with Crippen LogP contribution in [-0.2, 0) is 4.79 Å². The first kappa shape index (κ1) is 16.0. The Kier molecular flexibility index (Phi) is 5.38. The number of hydrogen-bond acceptors (Lipinski definition) is 3. The molecule has 0 fully saturated rings. The Bertz CT molecular complexity index is 455. The fraction of sp³-hybridized carbons (Fsp3) is 0.500. The quantitative estimate of drug-likeness (QED) is 0.892. The molecule has 0 aliphatic heterocycles. The molecule has 1 unspecified atom stereocenters. The van der Waals surface area contributed by atoms with Gasteiger partial charge in [-0.05, 0) is 17.5 Å². The molecule has 0 aliphatic carbocycles. The summed E-state index contributed by atoms with van der Waals surface area (Å²) in [6.07, 6.45) is 0.290. The third-order valence-corrected chi connectivity index (χ3v) is 3.37. The second-order valence-electron chi connectivity index (χ2n) is 5.60. The van der Waals surface area contributed by atoms with E-state index in [1.807, 2.05) is 32.9 Å². The Labute approximate surface area is 122 Å². The molecule has 1 rings (SSSR count). The maximum Gasteiger partial charge on any atom is 0.225 e. The van der Waals surface area contributed by atoms with Crippen LogP contribution in [0.25, 0.3) is 0 Å². The lowest BCUT2D eigenvalue weighted by atomic mass is 9.85. The highest BCUT2D eigenvalue weighted by Gasteiger charge is 2.23. The fourth-order valence-electron chi connectivity index (χ4n) is 1.47. The molecule has 4 nitrogen and oxygen atoms in total. The number of benzene rings is 1. The van der Waals surface area contributed by atoms with Crippen LogP contribution in [0.15, 0.2) is 22.7 Å². The first-order chi connectivity index (χ1) is 8.72. The van der Waals surface area contributed by atoms with Gasteiger partial charge >= 0.3 is 0 Å². The van der Waals surface area contributed by atoms with E-state index in [2.05, 4.69) is 21.2 Å². The van der Waals surface area contributed by atoms with Crippen LogP contribution in [0.1, 0.15) is 27.2 Å². The third-order valence-electron chi connectivity index (χ3n) is 2.91. The summed E-state index contributed by atoms with van der Waals surface area (Å²) in [6.45, 7) is 6.06. The Hall–Kier alpha value is -1.07. The minimum atomic E-state index is -0.179. The van der Waals surface area contributed by atoms with Crippen molar-refractivity contribution in [1.82, 2.24) is 0 Å². The number of amides is 1. The SMILES string of the molecule is COc1cc(Br)cc(NC(=O)CC(N)C(C)(C)C)c1. The second-order valence-corrected chi connectivity index (χ2v) is 6.52. The molecule has 0 radical (unpaired) electrons. The van der Waals surface area contributed by atoms with Gasteiger partial charge in [0.15, 0.2) is 0 Å². The molecular weight excluding hydrogens is 308 g/mol. The molecule has 0 aliphatic rings. The highest BCUT2D eigenvalue weighted by atomic mass is 79.9. The van der Waals surface area contributed by atoms with Crippen molar-refractivity contribution in [1.29, 1.82) is 0 Å². The van der Waals surface area contributed by atoms with Crippen LogP contribution in [-0.4, -0.2) is 19.1 Å². The van der Waals surface area contributed by atoms with Crippen LogP contribution in [0.4, 0.5) is 5.69 Å². The molecule has 3 N–H and O–H groups in total. The van der Waals surface area contributed by atoms with Gasteiger partial charge in [-0.3, -0.25) is 4.79 Å². The summed E-state index contributed by atoms with van der Waals surface area (Å²) in [5, 5.41) is 2.83. The number of nitrogens with one attached hydrogen (secondary N) is 1. The molecule has 0 spiro atoms. The summed E-state index contributed by atoms with van der Waals surface area (Å²) in [7, 11) is 1.59.